The van der Waals surface area contributed by atoms with Gasteiger partial charge in [0.05, 0.1) is 23.5 Å². The zero-order chi connectivity index (χ0) is 13.3. The van der Waals surface area contributed by atoms with Gasteiger partial charge in [-0.3, -0.25) is 0 Å². The molecule has 0 spiro atoms. The van der Waals surface area contributed by atoms with Crippen molar-refractivity contribution in [1.82, 2.24) is 0 Å². The van der Waals surface area contributed by atoms with Crippen molar-refractivity contribution in [2.24, 2.45) is 5.73 Å². The second-order valence-corrected chi connectivity index (χ2v) is 4.97. The smallest absolute Gasteiger partial charge is 0.175 e. The summed E-state index contributed by atoms with van der Waals surface area (Å²) in [6.07, 6.45) is 0.327. The largest absolute Gasteiger partial charge is 0.468 e. The molecular weight excluding hydrogens is 220 g/mol. The third-order valence-corrected chi connectivity index (χ3v) is 3.41. The lowest BCUT2D eigenvalue weighted by Gasteiger charge is -2.37. The van der Waals surface area contributed by atoms with Crippen LogP contribution in [0.4, 0.5) is 0 Å². The Balaban J connectivity index is 2.13. The van der Waals surface area contributed by atoms with Gasteiger partial charge in [-0.2, -0.15) is 0 Å². The van der Waals surface area contributed by atoms with Crippen LogP contribution in [-0.2, 0) is 11.6 Å². The summed E-state index contributed by atoms with van der Waals surface area (Å²) >= 11 is 0. The molecular formula is C10H6B5NO2. The maximum absolute atomic E-state index is 6.00. The first kappa shape index (κ1) is 12.2. The Bertz CT molecular complexity index is 543. The average Bonchev–Trinajstić information content (AvgIpc) is 2.55. The Hall–Kier alpha value is -0.895. The molecule has 0 saturated carbocycles. The number of fused-ring (bicyclic) bond motifs is 2. The summed E-state index contributed by atoms with van der Waals surface area (Å²) in [7, 11) is 29.0. The second-order valence-electron chi connectivity index (χ2n) is 4.97. The number of hydrogen-bond acceptors (Lipinski definition) is 3. The van der Waals surface area contributed by atoms with E-state index in [2.05, 4.69) is 0 Å². The zero-order valence-electron chi connectivity index (χ0n) is 9.64. The second kappa shape index (κ2) is 3.16. The van der Waals surface area contributed by atoms with Gasteiger partial charge in [0.25, 0.3) is 0 Å². The summed E-state index contributed by atoms with van der Waals surface area (Å²) in [6, 6.07) is 3.32. The highest BCUT2D eigenvalue weighted by molar-refractivity contribution is 6.46. The Morgan fingerprint density at radius 1 is 1.00 bits per heavy atom. The minimum atomic E-state index is -1.67. The molecule has 10 radical (unpaired) electrons. The third kappa shape index (κ3) is 1.48. The molecule has 0 saturated heterocycles. The van der Waals surface area contributed by atoms with Crippen LogP contribution in [0.1, 0.15) is 11.1 Å². The van der Waals surface area contributed by atoms with E-state index in [-0.39, 0.29) is 0 Å². The molecule has 2 aliphatic rings. The van der Waals surface area contributed by atoms with Gasteiger partial charge >= 0.3 is 0 Å². The fraction of sp³-hybridized carbons (Fsp3) is 0.400. The molecule has 18 heavy (non-hydrogen) atoms. The summed E-state index contributed by atoms with van der Waals surface area (Å²) in [4.78, 5) is 0. The van der Waals surface area contributed by atoms with Crippen molar-refractivity contribution in [2.75, 3.05) is 0 Å². The molecule has 1 aromatic carbocycles. The van der Waals surface area contributed by atoms with E-state index in [9.17, 15) is 0 Å². The predicted molar refractivity (Wildman–Crippen MR) is 71.5 cm³/mol. The van der Waals surface area contributed by atoms with Gasteiger partial charge in [-0.1, -0.05) is 10.8 Å². The van der Waals surface area contributed by atoms with E-state index in [0.29, 0.717) is 23.5 Å². The Labute approximate surface area is 112 Å². The van der Waals surface area contributed by atoms with Gasteiger partial charge in [-0.15, -0.1) is 0 Å². The van der Waals surface area contributed by atoms with E-state index in [1.807, 2.05) is 0 Å². The summed E-state index contributed by atoms with van der Waals surface area (Å²) in [5.41, 5.74) is 4.41. The van der Waals surface area contributed by atoms with Crippen LogP contribution in [0.15, 0.2) is 12.1 Å². The number of benzene rings is 1. The summed E-state index contributed by atoms with van der Waals surface area (Å²) in [5, 5.41) is -1.35. The molecule has 1 unspecified atom stereocenters. The van der Waals surface area contributed by atoms with Crippen molar-refractivity contribution in [3.05, 3.63) is 23.3 Å². The molecule has 1 aliphatic heterocycles. The lowest BCUT2D eigenvalue weighted by molar-refractivity contribution is 0.0833. The van der Waals surface area contributed by atoms with Crippen LogP contribution in [0.25, 0.3) is 0 Å². The van der Waals surface area contributed by atoms with Crippen molar-refractivity contribution < 1.29 is 9.47 Å². The molecule has 2 N–H and O–H groups in total. The minimum absolute atomic E-state index is 0.327. The Morgan fingerprint density at radius 2 is 1.56 bits per heavy atom. The number of hydrogen-bond donors (Lipinski definition) is 1. The molecule has 1 atom stereocenters. The van der Waals surface area contributed by atoms with Crippen LogP contribution >= 0.6 is 0 Å². The molecule has 1 aliphatic carbocycles. The molecule has 3 rings (SSSR count). The quantitative estimate of drug-likeness (QED) is 0.535. The fourth-order valence-corrected chi connectivity index (χ4v) is 2.37. The molecule has 78 valence electrons. The van der Waals surface area contributed by atoms with E-state index in [4.69, 9.17) is 54.4 Å². The standard InChI is InChI=1S/C10H6B5NO2/c11-8(16)3-4-1-6-7(18-10(14,15)17-6)2-5(4)9(8,12)13/h1-2H,3,16H2. The van der Waals surface area contributed by atoms with Crippen LogP contribution in [0.3, 0.4) is 0 Å². The van der Waals surface area contributed by atoms with Crippen LogP contribution < -0.4 is 15.2 Å². The van der Waals surface area contributed by atoms with Crippen LogP contribution in [0.5, 0.6) is 11.5 Å². The van der Waals surface area contributed by atoms with Gasteiger partial charge in [0.15, 0.2) is 32.8 Å². The average molecular weight is 226 g/mol. The monoisotopic (exact) mass is 227 g/mol. The summed E-state index contributed by atoms with van der Waals surface area (Å²) in [5.74, 6) is 0.795. The van der Waals surface area contributed by atoms with Gasteiger partial charge in [-0.05, 0) is 29.6 Å². The maximum Gasteiger partial charge on any atom is 0.175 e. The van der Waals surface area contributed by atoms with Gasteiger partial charge in [-0.25, -0.2) is 0 Å². The number of ether oxygens (including phenoxy) is 2. The van der Waals surface area contributed by atoms with Crippen LogP contribution in [-0.4, -0.2) is 50.3 Å². The lowest BCUT2D eigenvalue weighted by Crippen LogP contribution is -2.57. The summed E-state index contributed by atoms with van der Waals surface area (Å²) < 4.78 is 10.4. The van der Waals surface area contributed by atoms with E-state index in [1.54, 1.807) is 12.1 Å². The molecule has 8 heteroatoms. The minimum Gasteiger partial charge on any atom is -0.468 e. The highest BCUT2D eigenvalue weighted by Gasteiger charge is 2.46. The topological polar surface area (TPSA) is 44.5 Å². The van der Waals surface area contributed by atoms with Crippen molar-refractivity contribution in [3.8, 4) is 11.5 Å². The highest BCUT2D eigenvalue weighted by atomic mass is 16.7. The van der Waals surface area contributed by atoms with Gasteiger partial charge in [0.2, 0.25) is 0 Å². The summed E-state index contributed by atoms with van der Waals surface area (Å²) in [6.45, 7) is 0. The van der Waals surface area contributed by atoms with Crippen LogP contribution in [0, 0.1) is 0 Å². The first-order valence-electron chi connectivity index (χ1n) is 5.41. The molecule has 3 nitrogen and oxygen atoms in total. The molecule has 0 amide bonds. The van der Waals surface area contributed by atoms with Crippen molar-refractivity contribution >= 4 is 39.2 Å². The zero-order valence-corrected chi connectivity index (χ0v) is 9.64. The molecule has 0 aromatic heterocycles. The lowest BCUT2D eigenvalue weighted by atomic mass is 9.40. The van der Waals surface area contributed by atoms with E-state index in [0.717, 1.165) is 5.56 Å². The Morgan fingerprint density at radius 3 is 2.17 bits per heavy atom. The number of rotatable bonds is 0. The van der Waals surface area contributed by atoms with Crippen LogP contribution in [0.2, 0.25) is 0 Å². The van der Waals surface area contributed by atoms with Gasteiger partial charge in [0, 0.05) is 0 Å². The van der Waals surface area contributed by atoms with Gasteiger partial charge in [0.1, 0.15) is 0 Å². The first-order valence-corrected chi connectivity index (χ1v) is 5.41. The highest BCUT2D eigenvalue weighted by Crippen LogP contribution is 2.47. The van der Waals surface area contributed by atoms with Crippen molar-refractivity contribution in [1.29, 1.82) is 0 Å². The predicted octanol–water partition coefficient (Wildman–Crippen LogP) is -1.72. The normalized spacial score (nSPS) is 30.1. The third-order valence-electron chi connectivity index (χ3n) is 3.41. The fourth-order valence-electron chi connectivity index (χ4n) is 2.37. The van der Waals surface area contributed by atoms with Gasteiger partial charge < -0.3 is 15.2 Å². The SMILES string of the molecule is [B]C1([B])Oc2cc3c(cc2O1)C([B])([B])C([B])(N)C3. The molecule has 0 bridgehead atoms. The van der Waals surface area contributed by atoms with Crippen molar-refractivity contribution in [2.45, 2.75) is 22.7 Å². The van der Waals surface area contributed by atoms with E-state index < -0.39 is 16.2 Å². The van der Waals surface area contributed by atoms with E-state index in [1.165, 1.54) is 0 Å². The molecule has 0 fully saturated rings. The Kier molecular flexibility index (Phi) is 2.13. The first-order chi connectivity index (χ1) is 8.12. The maximum atomic E-state index is 6.00. The molecule has 1 heterocycles. The van der Waals surface area contributed by atoms with Crippen molar-refractivity contribution in [3.63, 3.8) is 0 Å². The number of nitrogens with two attached hydrogens (primary N) is 1. The van der Waals surface area contributed by atoms with E-state index >= 15 is 0 Å². The molecule has 1 aromatic rings.